The molecule has 0 rings (SSSR count). The van der Waals surface area contributed by atoms with Crippen LogP contribution in [-0.4, -0.2) is 419 Å². The number of hydrogen-bond donors (Lipinski definition) is 30. The Kier molecular flexibility index (Phi) is 121. The maximum Gasteiger partial charge on any atom is 0.417 e. The maximum atomic E-state index is 11.3. The second-order valence-corrected chi connectivity index (χ2v) is 31.6. The summed E-state index contributed by atoms with van der Waals surface area (Å²) in [6.07, 6.45) is -52.2. The number of aliphatic hydroxyl groups is 28. The molecule has 772 valence electrons. The Labute approximate surface area is 790 Å². The molecule has 0 bridgehead atoms. The maximum absolute atomic E-state index is 11.3. The fourth-order valence-corrected chi connectivity index (χ4v) is 8.05. The van der Waals surface area contributed by atoms with Crippen molar-refractivity contribution in [3.8, 4) is 0 Å². The van der Waals surface area contributed by atoms with Crippen molar-refractivity contribution in [1.29, 1.82) is 0 Å². The van der Waals surface area contributed by atoms with Crippen molar-refractivity contribution in [3.05, 3.63) is 0 Å². The highest BCUT2D eigenvalue weighted by atomic mass is 79.9. The third-order valence-corrected chi connectivity index (χ3v) is 18.7. The van der Waals surface area contributed by atoms with Crippen LogP contribution in [0.3, 0.4) is 0 Å². The molecule has 58 heteroatoms. The lowest BCUT2D eigenvalue weighted by Crippen LogP contribution is -2.47. The molecule has 0 unspecified atom stereocenters. The molecule has 0 aliphatic rings. The first kappa shape index (κ1) is 157. The van der Waals surface area contributed by atoms with Crippen LogP contribution < -0.4 is 0 Å². The molecule has 0 radical (unpaired) electrons. The largest absolute Gasteiger partial charge is 0.417 e. The van der Waals surface area contributed by atoms with Gasteiger partial charge in [-0.25, -0.2) is 17.6 Å². The highest BCUT2D eigenvalue weighted by Crippen LogP contribution is 2.32. The van der Waals surface area contributed by atoms with E-state index in [1.54, 1.807) is 0 Å². The molecule has 0 fully saturated rings. The van der Waals surface area contributed by atoms with Crippen molar-refractivity contribution in [3.63, 3.8) is 0 Å². The van der Waals surface area contributed by atoms with Gasteiger partial charge >= 0.3 is 24.7 Å². The van der Waals surface area contributed by atoms with Crippen molar-refractivity contribution in [2.24, 2.45) is 0 Å². The van der Waals surface area contributed by atoms with E-state index in [4.69, 9.17) is 259 Å². The number of hydrogen-bond acceptors (Lipinski definition) is 30. The van der Waals surface area contributed by atoms with Crippen molar-refractivity contribution < 1.29 is 213 Å². The Morgan fingerprint density at radius 1 is 0.218 bits per heavy atom. The highest BCUT2D eigenvalue weighted by Gasteiger charge is 2.55. The normalized spacial score (nSPS) is 18.2. The number of thiol groups is 2. The topological polar surface area (TPSA) is 566 Å². The molecule has 0 aromatic heterocycles. The first-order valence-electron chi connectivity index (χ1n) is 36.4. The molecule has 0 saturated carbocycles. The quantitative estimate of drug-likeness (QED) is 0.0178. The van der Waals surface area contributed by atoms with Crippen molar-refractivity contribution in [2.45, 2.75) is 348 Å². The average Bonchev–Trinajstić information content (AvgIpc) is 0.846. The van der Waals surface area contributed by atoms with E-state index in [0.717, 1.165) is 0 Å². The second kappa shape index (κ2) is 95.6. The van der Waals surface area contributed by atoms with Gasteiger partial charge in [0.1, 0.15) is 94.9 Å². The molecule has 0 aliphatic carbocycles. The molecule has 0 aromatic rings. The van der Waals surface area contributed by atoms with Crippen LogP contribution in [0.25, 0.3) is 0 Å². The van der Waals surface area contributed by atoms with Crippen LogP contribution in [0.2, 0.25) is 0 Å². The number of aliphatic hydroxyl groups excluding tert-OH is 28. The number of halogens is 28. The predicted molar refractivity (Wildman–Crippen MR) is 458 cm³/mol. The average molecular weight is 2260 g/mol. The van der Waals surface area contributed by atoms with Gasteiger partial charge in [0.2, 0.25) is 0 Å². The SMILES string of the molecule is CC[C@@H](O)[C@H](O)CC.CC[C@@H](O)[C@H](O)CC.CC[C@@H](O)[C@H](O)CC.CC[C@@H](O)[C@H](O)CC.CC[C@H](O)[C@@H](O)CC.O[C@@H](C(Cl)Cl)[C@@H](O)C(Cl)Cl.O[C@@H](CBr)[C@@H](O)CBr.O[C@@H](CCl)[C@@H](O)CCl.O[C@@H](CF)[C@@H](O)CF.O[C@@H]([C@H](O)C(F)(F)F)C(F)(F)F.O[C@H](C(Cl)Cl)[C@H](O)C(Cl)Cl.O[C@H](CF)[C@H](O)CF.O[C@H](CS)[C@H](O)CS.O[C@H]([C@@H](O)C(F)(F)F)C(F)(F)F. The zero-order valence-electron chi connectivity index (χ0n) is 68.6. The Hall–Kier alpha value is 2.32. The van der Waals surface area contributed by atoms with E-state index >= 15 is 0 Å². The molecule has 28 atom stereocenters. The Balaban J connectivity index is -0.0000000878. The van der Waals surface area contributed by atoms with Gasteiger partial charge in [0.05, 0.1) is 109 Å². The van der Waals surface area contributed by atoms with Crippen LogP contribution in [0.5, 0.6) is 0 Å². The minimum Gasteiger partial charge on any atom is -0.390 e. The smallest absolute Gasteiger partial charge is 0.390 e. The first-order chi connectivity index (χ1) is 56.2. The van der Waals surface area contributed by atoms with Crippen LogP contribution in [0.1, 0.15) is 133 Å². The zero-order valence-corrected chi connectivity index (χ0v) is 81.1. The van der Waals surface area contributed by atoms with E-state index in [0.29, 0.717) is 74.9 Å². The summed E-state index contributed by atoms with van der Waals surface area (Å²) in [6.45, 7) is 14.1. The Morgan fingerprint density at radius 3 is 0.387 bits per heavy atom. The Bertz CT molecular complexity index is 1710. The number of rotatable bonds is 38. The van der Waals surface area contributed by atoms with E-state index in [9.17, 15) is 70.2 Å². The monoisotopic (exact) mass is 2250 g/mol. The van der Waals surface area contributed by atoms with Gasteiger partial charge < -0.3 is 143 Å². The van der Waals surface area contributed by atoms with Gasteiger partial charge in [-0.05, 0) is 64.2 Å². The molecule has 0 aliphatic heterocycles. The van der Waals surface area contributed by atoms with Gasteiger partial charge in [-0.15, -0.1) is 116 Å². The van der Waals surface area contributed by atoms with Gasteiger partial charge in [0.25, 0.3) is 0 Å². The third kappa shape index (κ3) is 98.8. The van der Waals surface area contributed by atoms with Crippen LogP contribution in [0, 0.1) is 0 Å². The van der Waals surface area contributed by atoms with Crippen LogP contribution in [-0.2, 0) is 0 Å². The van der Waals surface area contributed by atoms with Crippen LogP contribution in [0.15, 0.2) is 0 Å². The van der Waals surface area contributed by atoms with Crippen LogP contribution in [0.4, 0.5) is 70.2 Å². The molecular weight excluding hydrogens is 2120 g/mol. The molecule has 0 heterocycles. The summed E-state index contributed by atoms with van der Waals surface area (Å²) in [7, 11) is 0. The van der Waals surface area contributed by atoms with Crippen molar-refractivity contribution >= 4 is 173 Å². The summed E-state index contributed by atoms with van der Waals surface area (Å²) in [6, 6.07) is 0. The van der Waals surface area contributed by atoms with E-state index in [2.05, 4.69) is 57.1 Å². The molecule has 0 aromatic carbocycles. The van der Waals surface area contributed by atoms with Crippen molar-refractivity contribution in [1.82, 2.24) is 0 Å². The Morgan fingerprint density at radius 2 is 0.331 bits per heavy atom. The first-order valence-corrected chi connectivity index (χ1v) is 44.5. The molecular formula is C66H132Br2Cl10F16O28S2. The van der Waals surface area contributed by atoms with Gasteiger partial charge in [-0.1, -0.05) is 101 Å². The lowest BCUT2D eigenvalue weighted by Gasteiger charge is -2.21. The summed E-state index contributed by atoms with van der Waals surface area (Å²) in [5.74, 6) is 0.602. The van der Waals surface area contributed by atoms with E-state index in [1.165, 1.54) is 0 Å². The molecule has 0 spiro atoms. The minimum atomic E-state index is -5.48. The van der Waals surface area contributed by atoms with Crippen LogP contribution >= 0.6 is 173 Å². The standard InChI is InChI=1S/5C6H14O2.C4H8Br2O2.2C4H6Cl4O2.C4H8Cl2O2.2C4H4F6O2.2C4H8F2O2.C4H10O2S2/c5*1-3-5(7)6(8)4-2;5-1-3(7)4(8)2-6;2*5-3(6)1(9)2(10)4(7)8;5-1-3(7)4(8)2-6;2*5-3(6,7)1(11)2(12)4(8,9)10;2*5-1-3(7)4(8)2-6;5-3(1-7)4(6)2-8/h5*5-8H,3-4H2,1-2H3;3-4,7-8H,1-2H2;2*1-4,9-10H;3-4,7-8H,1-2H2;2*1-2,11-12H;2*3-4,7-8H,1-2H2;3-8H,1-2H2/t5*5-,6-;3-,4-;2*1-,2-;3-,4-;2*1-,2-;3*3-,4-/m11110010010101/s1. The predicted octanol–water partition coefficient (Wildman–Crippen LogP) is 6.48. The van der Waals surface area contributed by atoms with Gasteiger partial charge in [-0.2, -0.15) is 77.9 Å². The van der Waals surface area contributed by atoms with Gasteiger partial charge in [-0.3, -0.25) is 0 Å². The summed E-state index contributed by atoms with van der Waals surface area (Å²) >= 11 is 65.5. The van der Waals surface area contributed by atoms with Crippen molar-refractivity contribution in [2.75, 3.05) is 60.6 Å². The van der Waals surface area contributed by atoms with Gasteiger partial charge in [0.15, 0.2) is 24.4 Å². The summed E-state index contributed by atoms with van der Waals surface area (Å²) in [5, 5.41) is 242. The second-order valence-electron chi connectivity index (χ2n) is 24.3. The lowest BCUT2D eigenvalue weighted by molar-refractivity contribution is -0.293. The fraction of sp³-hybridized carbons (Fsp3) is 1.00. The molecule has 0 saturated heterocycles. The molecule has 28 N–H and O–H groups in total. The van der Waals surface area contributed by atoms with E-state index in [-0.39, 0.29) is 23.3 Å². The van der Waals surface area contributed by atoms with E-state index < -0.39 is 242 Å². The molecule has 124 heavy (non-hydrogen) atoms. The zero-order chi connectivity index (χ0) is 103. The highest BCUT2D eigenvalue weighted by molar-refractivity contribution is 9.09. The summed E-state index contributed by atoms with van der Waals surface area (Å²) in [5.41, 5.74) is 0. The third-order valence-electron chi connectivity index (χ3n) is 13.9. The minimum absolute atomic E-state index is 0.0217. The molecule has 28 nitrogen and oxygen atoms in total. The lowest BCUT2D eigenvalue weighted by atomic mass is 10.1. The number of alkyl halides is 28. The fourth-order valence-electron chi connectivity index (χ4n) is 5.10. The summed E-state index contributed by atoms with van der Waals surface area (Å²) < 4.78 is 181. The van der Waals surface area contributed by atoms with E-state index in [1.807, 2.05) is 69.2 Å². The molecule has 0 amide bonds. The van der Waals surface area contributed by atoms with Gasteiger partial charge in [0, 0.05) is 22.2 Å². The summed E-state index contributed by atoms with van der Waals surface area (Å²) in [4.78, 5) is -4.35.